The minimum Gasteiger partial charge on any atom is -0.481 e. The molecular weight excluding hydrogens is 392 g/mol. The average Bonchev–Trinajstić information content (AvgIpc) is 2.73. The highest BCUT2D eigenvalue weighted by molar-refractivity contribution is 6.17. The van der Waals surface area contributed by atoms with Gasteiger partial charge in [0.25, 0.3) is 0 Å². The lowest BCUT2D eigenvalue weighted by molar-refractivity contribution is -0.137. The number of carboxylic acid groups (broad SMARTS) is 1. The Morgan fingerprint density at radius 1 is 0.400 bits per heavy atom. The van der Waals surface area contributed by atoms with Gasteiger partial charge in [-0.1, -0.05) is 141 Å². The van der Waals surface area contributed by atoms with Crippen LogP contribution >= 0.6 is 11.6 Å². The van der Waals surface area contributed by atoms with E-state index in [4.69, 9.17) is 16.7 Å². The van der Waals surface area contributed by atoms with E-state index in [2.05, 4.69) is 0 Å². The molecule has 0 atom stereocenters. The number of carboxylic acids is 1. The molecule has 3 heteroatoms. The first kappa shape index (κ1) is 29.8. The van der Waals surface area contributed by atoms with E-state index in [1.165, 1.54) is 141 Å². The number of halogens is 1. The third kappa shape index (κ3) is 27.8. The third-order valence-electron chi connectivity index (χ3n) is 6.27. The largest absolute Gasteiger partial charge is 0.481 e. The molecule has 1 N–H and O–H groups in total. The summed E-state index contributed by atoms with van der Waals surface area (Å²) >= 11 is 5.70. The Kier molecular flexibility index (Phi) is 26.6. The predicted molar refractivity (Wildman–Crippen MR) is 134 cm³/mol. The number of rotatable bonds is 26. The van der Waals surface area contributed by atoms with Gasteiger partial charge in [-0.05, 0) is 12.8 Å². The van der Waals surface area contributed by atoms with Crippen LogP contribution in [0.15, 0.2) is 0 Å². The normalized spacial score (nSPS) is 11.2. The summed E-state index contributed by atoms with van der Waals surface area (Å²) < 4.78 is 0. The SMILES string of the molecule is O=C(O)CCCCCCCCCCCCCCCCCCCCCCCCCCCl. The standard InChI is InChI=1S/C27H53ClO2/c28-26-24-22-20-18-16-14-12-10-8-6-4-2-1-3-5-7-9-11-13-15-17-19-21-23-25-27(29)30/h1-26H2,(H,29,30). The molecule has 0 aliphatic carbocycles. The number of unbranched alkanes of at least 4 members (excludes halogenated alkanes) is 23. The molecule has 0 aromatic heterocycles. The fraction of sp³-hybridized carbons (Fsp3) is 0.963. The van der Waals surface area contributed by atoms with Gasteiger partial charge in [0.1, 0.15) is 0 Å². The van der Waals surface area contributed by atoms with Crippen molar-refractivity contribution in [1.82, 2.24) is 0 Å². The Morgan fingerprint density at radius 2 is 0.600 bits per heavy atom. The van der Waals surface area contributed by atoms with Gasteiger partial charge < -0.3 is 5.11 Å². The number of aliphatic carboxylic acids is 1. The monoisotopic (exact) mass is 444 g/mol. The molecule has 0 amide bonds. The molecule has 180 valence electrons. The van der Waals surface area contributed by atoms with Crippen LogP contribution < -0.4 is 0 Å². The summed E-state index contributed by atoms with van der Waals surface area (Å²) in [6.07, 6.45) is 32.9. The first-order chi connectivity index (χ1) is 14.8. The second-order valence-corrected chi connectivity index (χ2v) is 9.70. The van der Waals surface area contributed by atoms with Crippen LogP contribution in [0.2, 0.25) is 0 Å². The number of hydrogen-bond donors (Lipinski definition) is 1. The van der Waals surface area contributed by atoms with E-state index in [0.717, 1.165) is 18.7 Å². The molecule has 2 nitrogen and oxygen atoms in total. The Balaban J connectivity index is 2.99. The number of hydrogen-bond acceptors (Lipinski definition) is 1. The van der Waals surface area contributed by atoms with Crippen LogP contribution in [0.25, 0.3) is 0 Å². The lowest BCUT2D eigenvalue weighted by Crippen LogP contribution is -1.93. The summed E-state index contributed by atoms with van der Waals surface area (Å²) in [7, 11) is 0. The molecule has 0 unspecified atom stereocenters. The van der Waals surface area contributed by atoms with Gasteiger partial charge in [0.2, 0.25) is 0 Å². The van der Waals surface area contributed by atoms with E-state index in [-0.39, 0.29) is 0 Å². The Labute approximate surface area is 193 Å². The summed E-state index contributed by atoms with van der Waals surface area (Å²) in [4.78, 5) is 10.4. The summed E-state index contributed by atoms with van der Waals surface area (Å²) in [6, 6.07) is 0. The highest BCUT2D eigenvalue weighted by atomic mass is 35.5. The van der Waals surface area contributed by atoms with Crippen molar-refractivity contribution in [3.05, 3.63) is 0 Å². The fourth-order valence-corrected chi connectivity index (χ4v) is 4.45. The molecule has 0 heterocycles. The van der Waals surface area contributed by atoms with Gasteiger partial charge in [-0.15, -0.1) is 11.6 Å². The topological polar surface area (TPSA) is 37.3 Å². The maximum absolute atomic E-state index is 10.4. The zero-order chi connectivity index (χ0) is 22.0. The van der Waals surface area contributed by atoms with Gasteiger partial charge in [0, 0.05) is 12.3 Å². The van der Waals surface area contributed by atoms with E-state index < -0.39 is 5.97 Å². The van der Waals surface area contributed by atoms with E-state index in [1.807, 2.05) is 0 Å². The molecule has 0 fully saturated rings. The molecule has 0 spiro atoms. The first-order valence-electron chi connectivity index (χ1n) is 13.5. The van der Waals surface area contributed by atoms with Gasteiger partial charge >= 0.3 is 5.97 Å². The molecule has 0 bridgehead atoms. The van der Waals surface area contributed by atoms with Crippen LogP contribution in [0.5, 0.6) is 0 Å². The lowest BCUT2D eigenvalue weighted by atomic mass is 10.0. The highest BCUT2D eigenvalue weighted by Crippen LogP contribution is 2.15. The molecule has 0 aromatic carbocycles. The molecule has 0 aliphatic heterocycles. The van der Waals surface area contributed by atoms with Crippen LogP contribution in [0, 0.1) is 0 Å². The predicted octanol–water partition coefficient (Wildman–Crippen LogP) is 10.1. The van der Waals surface area contributed by atoms with Crippen molar-refractivity contribution in [3.63, 3.8) is 0 Å². The Morgan fingerprint density at radius 3 is 0.800 bits per heavy atom. The Hall–Kier alpha value is -0.240. The molecular formula is C27H53ClO2. The van der Waals surface area contributed by atoms with E-state index in [9.17, 15) is 4.79 Å². The highest BCUT2D eigenvalue weighted by Gasteiger charge is 1.97. The summed E-state index contributed by atoms with van der Waals surface area (Å²) in [6.45, 7) is 0. The second-order valence-electron chi connectivity index (χ2n) is 9.32. The summed E-state index contributed by atoms with van der Waals surface area (Å²) in [5.74, 6) is 0.183. The zero-order valence-electron chi connectivity index (χ0n) is 20.1. The van der Waals surface area contributed by atoms with E-state index >= 15 is 0 Å². The summed E-state index contributed by atoms with van der Waals surface area (Å²) in [5, 5.41) is 8.59. The van der Waals surface area contributed by atoms with E-state index in [0.29, 0.717) is 6.42 Å². The summed E-state index contributed by atoms with van der Waals surface area (Å²) in [5.41, 5.74) is 0. The third-order valence-corrected chi connectivity index (χ3v) is 6.54. The molecule has 0 saturated carbocycles. The zero-order valence-corrected chi connectivity index (χ0v) is 20.9. The van der Waals surface area contributed by atoms with Gasteiger partial charge in [0.05, 0.1) is 0 Å². The van der Waals surface area contributed by atoms with Gasteiger partial charge in [-0.2, -0.15) is 0 Å². The van der Waals surface area contributed by atoms with Gasteiger partial charge in [-0.3, -0.25) is 4.79 Å². The quantitative estimate of drug-likeness (QED) is 0.106. The molecule has 0 rings (SSSR count). The molecule has 0 radical (unpaired) electrons. The van der Waals surface area contributed by atoms with Crippen molar-refractivity contribution in [2.24, 2.45) is 0 Å². The molecule has 0 saturated heterocycles. The first-order valence-corrected chi connectivity index (χ1v) is 14.1. The van der Waals surface area contributed by atoms with Crippen molar-refractivity contribution < 1.29 is 9.90 Å². The van der Waals surface area contributed by atoms with Crippen molar-refractivity contribution in [1.29, 1.82) is 0 Å². The number of carbonyl (C=O) groups is 1. The lowest BCUT2D eigenvalue weighted by Gasteiger charge is -2.04. The van der Waals surface area contributed by atoms with E-state index in [1.54, 1.807) is 0 Å². The van der Waals surface area contributed by atoms with Crippen LogP contribution in [0.1, 0.15) is 161 Å². The fourth-order valence-electron chi connectivity index (χ4n) is 4.26. The maximum Gasteiger partial charge on any atom is 0.303 e. The average molecular weight is 445 g/mol. The number of alkyl halides is 1. The van der Waals surface area contributed by atoms with Crippen LogP contribution in [0.4, 0.5) is 0 Å². The van der Waals surface area contributed by atoms with Crippen LogP contribution in [0.3, 0.4) is 0 Å². The Bertz CT molecular complexity index is 333. The maximum atomic E-state index is 10.4. The second kappa shape index (κ2) is 26.8. The van der Waals surface area contributed by atoms with Gasteiger partial charge in [-0.25, -0.2) is 0 Å². The van der Waals surface area contributed by atoms with Crippen LogP contribution in [-0.2, 0) is 4.79 Å². The minimum absolute atomic E-state index is 0.344. The van der Waals surface area contributed by atoms with Crippen molar-refractivity contribution in [3.8, 4) is 0 Å². The molecule has 0 aromatic rings. The molecule has 0 aliphatic rings. The minimum atomic E-state index is -0.652. The van der Waals surface area contributed by atoms with Gasteiger partial charge in [0.15, 0.2) is 0 Å². The van der Waals surface area contributed by atoms with Crippen molar-refractivity contribution >= 4 is 17.6 Å². The van der Waals surface area contributed by atoms with Crippen LogP contribution in [-0.4, -0.2) is 17.0 Å². The van der Waals surface area contributed by atoms with Crippen molar-refractivity contribution in [2.45, 2.75) is 161 Å². The van der Waals surface area contributed by atoms with Crippen molar-refractivity contribution in [2.75, 3.05) is 5.88 Å². The smallest absolute Gasteiger partial charge is 0.303 e. The molecule has 30 heavy (non-hydrogen) atoms.